The largest absolute Gasteiger partial charge is 0.414 e. The highest BCUT2D eigenvalue weighted by Crippen LogP contribution is 2.34. The summed E-state index contributed by atoms with van der Waals surface area (Å²) >= 11 is 5.54. The Bertz CT molecular complexity index is 1220. The van der Waals surface area contributed by atoms with Crippen molar-refractivity contribution < 1.29 is 36.7 Å². The highest BCUT2D eigenvalue weighted by molar-refractivity contribution is 6.30. The molecule has 0 bridgehead atoms. The van der Waals surface area contributed by atoms with E-state index in [1.165, 1.54) is 17.0 Å². The van der Waals surface area contributed by atoms with Crippen molar-refractivity contribution in [2.24, 2.45) is 0 Å². The van der Waals surface area contributed by atoms with Crippen LogP contribution in [0.1, 0.15) is 50.9 Å². The minimum atomic E-state index is -5.06. The summed E-state index contributed by atoms with van der Waals surface area (Å²) in [4.78, 5) is 53.4. The Hall–Kier alpha value is -3.54. The van der Waals surface area contributed by atoms with Gasteiger partial charge in [0.25, 0.3) is 11.8 Å². The number of hydrogen-bond acceptors (Lipinski definition) is 5. The molecule has 1 fully saturated rings. The molecule has 2 atom stereocenters. The Balaban J connectivity index is 1.56. The van der Waals surface area contributed by atoms with E-state index in [9.17, 15) is 36.7 Å². The van der Waals surface area contributed by atoms with Crippen LogP contribution in [0.25, 0.3) is 0 Å². The van der Waals surface area contributed by atoms with Crippen molar-refractivity contribution in [3.8, 4) is 0 Å². The standard InChI is InChI=1S/C21H15ClF4N4O4/c22-11-6-13(23)16(27-7-11)17(21(24,25)26)29-18(32)9-1-2-12-10(5-9)8-30(20(12)34)14-3-4-15(31)28-19(14)33/h1-2,5-7,14,17H,3-4,8H2,(H,29,32)(H,28,31,33)/t14-,17?/m0/s1. The first kappa shape index (κ1) is 23.6. The van der Waals surface area contributed by atoms with Gasteiger partial charge in [0.05, 0.1) is 5.02 Å². The second-order valence-corrected chi connectivity index (χ2v) is 8.18. The van der Waals surface area contributed by atoms with Crippen LogP contribution < -0.4 is 10.6 Å². The number of rotatable bonds is 4. The maximum atomic E-state index is 14.1. The monoisotopic (exact) mass is 498 g/mol. The summed E-state index contributed by atoms with van der Waals surface area (Å²) in [6.45, 7) is -0.0718. The SMILES string of the molecule is O=C1CC[C@H](N2Cc3cc(C(=O)NC(c4ncc(Cl)cc4F)C(F)(F)F)ccc3C2=O)C(=O)N1. The van der Waals surface area contributed by atoms with Crippen molar-refractivity contribution in [3.63, 3.8) is 0 Å². The Morgan fingerprint density at radius 1 is 1.24 bits per heavy atom. The van der Waals surface area contributed by atoms with Crippen molar-refractivity contribution >= 4 is 35.2 Å². The van der Waals surface area contributed by atoms with Crippen molar-refractivity contribution in [1.29, 1.82) is 0 Å². The predicted octanol–water partition coefficient (Wildman–Crippen LogP) is 2.67. The molecule has 2 N–H and O–H groups in total. The second-order valence-electron chi connectivity index (χ2n) is 7.74. The van der Waals surface area contributed by atoms with Crippen LogP contribution in [0, 0.1) is 5.82 Å². The maximum Gasteiger partial charge on any atom is 0.414 e. The first-order valence-electron chi connectivity index (χ1n) is 9.92. The lowest BCUT2D eigenvalue weighted by Gasteiger charge is -2.29. The molecule has 2 aliphatic rings. The van der Waals surface area contributed by atoms with Crippen molar-refractivity contribution in [1.82, 2.24) is 20.5 Å². The molecule has 4 amide bonds. The van der Waals surface area contributed by atoms with E-state index >= 15 is 0 Å². The zero-order chi connectivity index (χ0) is 24.8. The summed E-state index contributed by atoms with van der Waals surface area (Å²) in [5, 5.41) is 3.67. The van der Waals surface area contributed by atoms with Gasteiger partial charge in [0.1, 0.15) is 17.6 Å². The third-order valence-electron chi connectivity index (χ3n) is 5.50. The van der Waals surface area contributed by atoms with E-state index in [1.807, 2.05) is 0 Å². The molecule has 13 heteroatoms. The Morgan fingerprint density at radius 2 is 1.97 bits per heavy atom. The van der Waals surface area contributed by atoms with Gasteiger partial charge in [0, 0.05) is 30.3 Å². The van der Waals surface area contributed by atoms with Gasteiger partial charge in [-0.1, -0.05) is 11.6 Å². The fourth-order valence-electron chi connectivity index (χ4n) is 3.87. The van der Waals surface area contributed by atoms with Crippen LogP contribution >= 0.6 is 11.6 Å². The average Bonchev–Trinajstić information content (AvgIpc) is 3.07. The summed E-state index contributed by atoms with van der Waals surface area (Å²) in [6, 6.07) is 0.671. The van der Waals surface area contributed by atoms with E-state index in [4.69, 9.17) is 11.6 Å². The summed E-state index contributed by atoms with van der Waals surface area (Å²) in [6.07, 6.45) is -4.05. The van der Waals surface area contributed by atoms with Crippen LogP contribution in [0.5, 0.6) is 0 Å². The molecule has 34 heavy (non-hydrogen) atoms. The van der Waals surface area contributed by atoms with Gasteiger partial charge in [-0.2, -0.15) is 13.2 Å². The van der Waals surface area contributed by atoms with E-state index in [2.05, 4.69) is 10.3 Å². The van der Waals surface area contributed by atoms with Gasteiger partial charge in [-0.15, -0.1) is 0 Å². The molecule has 1 saturated heterocycles. The fraction of sp³-hybridized carbons (Fsp3) is 0.286. The molecule has 2 aromatic rings. The van der Waals surface area contributed by atoms with Gasteiger partial charge in [-0.05, 0) is 36.2 Å². The van der Waals surface area contributed by atoms with Crippen molar-refractivity contribution in [3.05, 3.63) is 63.7 Å². The van der Waals surface area contributed by atoms with Gasteiger partial charge in [-0.3, -0.25) is 29.5 Å². The Morgan fingerprint density at radius 3 is 2.62 bits per heavy atom. The highest BCUT2D eigenvalue weighted by atomic mass is 35.5. The smallest absolute Gasteiger partial charge is 0.335 e. The third-order valence-corrected chi connectivity index (χ3v) is 5.70. The number of nitrogens with zero attached hydrogens (tertiary/aromatic N) is 2. The summed E-state index contributed by atoms with van der Waals surface area (Å²) < 4.78 is 54.8. The molecule has 8 nitrogen and oxygen atoms in total. The maximum absolute atomic E-state index is 14.1. The van der Waals surface area contributed by atoms with Crippen LogP contribution in [0.3, 0.4) is 0 Å². The number of hydrogen-bond donors (Lipinski definition) is 2. The Labute approximate surface area is 194 Å². The first-order chi connectivity index (χ1) is 16.0. The van der Waals surface area contributed by atoms with Crippen LogP contribution in [-0.2, 0) is 16.1 Å². The quantitative estimate of drug-likeness (QED) is 0.498. The minimum Gasteiger partial charge on any atom is -0.335 e. The van der Waals surface area contributed by atoms with Crippen molar-refractivity contribution in [2.45, 2.75) is 37.6 Å². The van der Waals surface area contributed by atoms with Crippen LogP contribution in [0.2, 0.25) is 5.02 Å². The second kappa shape index (κ2) is 8.67. The zero-order valence-corrected chi connectivity index (χ0v) is 17.8. The molecule has 2 aliphatic heterocycles. The van der Waals surface area contributed by atoms with Gasteiger partial charge < -0.3 is 10.2 Å². The van der Waals surface area contributed by atoms with Gasteiger partial charge in [0.2, 0.25) is 11.8 Å². The highest BCUT2D eigenvalue weighted by Gasteiger charge is 2.45. The third kappa shape index (κ3) is 4.45. The number of carbonyl (C=O) groups excluding carboxylic acids is 4. The van der Waals surface area contributed by atoms with Gasteiger partial charge in [-0.25, -0.2) is 4.39 Å². The van der Waals surface area contributed by atoms with Crippen LogP contribution in [-0.4, -0.2) is 45.7 Å². The van der Waals surface area contributed by atoms with Gasteiger partial charge in [0.15, 0.2) is 6.04 Å². The zero-order valence-electron chi connectivity index (χ0n) is 17.1. The Kier molecular flexibility index (Phi) is 6.02. The van der Waals surface area contributed by atoms with E-state index in [0.29, 0.717) is 11.6 Å². The summed E-state index contributed by atoms with van der Waals surface area (Å²) in [7, 11) is 0. The number of benzene rings is 1. The molecule has 0 radical (unpaired) electrons. The number of carbonyl (C=O) groups is 4. The number of amides is 4. The molecule has 0 aliphatic carbocycles. The van der Waals surface area contributed by atoms with Crippen molar-refractivity contribution in [2.75, 3.05) is 0 Å². The topological polar surface area (TPSA) is 108 Å². The lowest BCUT2D eigenvalue weighted by Crippen LogP contribution is -2.52. The molecular formula is C21H15ClF4N4O4. The number of nitrogens with one attached hydrogen (secondary N) is 2. The molecule has 1 unspecified atom stereocenters. The first-order valence-corrected chi connectivity index (χ1v) is 10.3. The molecule has 178 valence electrons. The molecule has 0 spiro atoms. The van der Waals surface area contributed by atoms with Gasteiger partial charge >= 0.3 is 6.18 Å². The molecule has 3 heterocycles. The number of halogens is 5. The van der Waals surface area contributed by atoms with E-state index in [0.717, 1.165) is 12.3 Å². The molecule has 0 saturated carbocycles. The number of fused-ring (bicyclic) bond motifs is 1. The van der Waals surface area contributed by atoms with Crippen LogP contribution in [0.4, 0.5) is 17.6 Å². The lowest BCUT2D eigenvalue weighted by molar-refractivity contribution is -0.156. The minimum absolute atomic E-state index is 0.0539. The predicted molar refractivity (Wildman–Crippen MR) is 108 cm³/mol. The molecule has 1 aromatic heterocycles. The number of pyridine rings is 1. The number of alkyl halides is 3. The normalized spacial score (nSPS) is 19.0. The van der Waals surface area contributed by atoms with Crippen LogP contribution in [0.15, 0.2) is 30.5 Å². The fourth-order valence-corrected chi connectivity index (χ4v) is 4.02. The van der Waals surface area contributed by atoms with E-state index in [-0.39, 0.29) is 35.5 Å². The number of imide groups is 1. The summed E-state index contributed by atoms with van der Waals surface area (Å²) in [5.41, 5.74) is -0.758. The molecular weight excluding hydrogens is 484 g/mol. The lowest BCUT2D eigenvalue weighted by atomic mass is 10.0. The average molecular weight is 499 g/mol. The van der Waals surface area contributed by atoms with E-state index in [1.54, 1.807) is 5.32 Å². The number of piperidine rings is 1. The van der Waals surface area contributed by atoms with E-state index < -0.39 is 53.4 Å². The molecule has 4 rings (SSSR count). The molecule has 1 aromatic carbocycles. The summed E-state index contributed by atoms with van der Waals surface area (Å²) in [5.74, 6) is -4.09. The number of aromatic nitrogens is 1.